The summed E-state index contributed by atoms with van der Waals surface area (Å²) in [7, 11) is 0. The maximum absolute atomic E-state index is 5.47. The Morgan fingerprint density at radius 1 is 1.58 bits per heavy atom. The molecule has 0 atom stereocenters. The molecule has 0 saturated heterocycles. The van der Waals surface area contributed by atoms with Crippen LogP contribution in [0.1, 0.15) is 32.4 Å². The maximum atomic E-state index is 5.47. The highest BCUT2D eigenvalue weighted by atomic mass is 16.5. The molecule has 0 aliphatic heterocycles. The molecule has 3 heteroatoms. The van der Waals surface area contributed by atoms with E-state index >= 15 is 0 Å². The number of hydrogen-bond donors (Lipinski definition) is 0. The molecule has 0 fully saturated rings. The molecular formula is C9H16N2O. The molecule has 1 rings (SSSR count). The minimum absolute atomic E-state index is 0.361. The molecule has 0 spiro atoms. The standard InChI is InChI=1S/C9H16N2O/c1-5-12-9-8(4)6-10-11(9)7(2)3/h6-7H,5H2,1-4H3. The smallest absolute Gasteiger partial charge is 0.214 e. The molecule has 0 bridgehead atoms. The second-order valence-electron chi connectivity index (χ2n) is 3.10. The number of nitrogens with zero attached hydrogens (tertiary/aromatic N) is 2. The monoisotopic (exact) mass is 168 g/mol. The third-order valence-electron chi connectivity index (χ3n) is 1.69. The molecule has 0 radical (unpaired) electrons. The quantitative estimate of drug-likeness (QED) is 0.691. The van der Waals surface area contributed by atoms with Crippen molar-refractivity contribution in [3.05, 3.63) is 11.8 Å². The van der Waals surface area contributed by atoms with Crippen LogP contribution in [-0.4, -0.2) is 16.4 Å². The van der Waals surface area contributed by atoms with Crippen LogP contribution in [0, 0.1) is 6.92 Å². The van der Waals surface area contributed by atoms with E-state index in [1.807, 2.05) is 24.7 Å². The fourth-order valence-corrected chi connectivity index (χ4v) is 1.12. The van der Waals surface area contributed by atoms with Crippen LogP contribution in [0.2, 0.25) is 0 Å². The molecule has 1 heterocycles. The third kappa shape index (κ3) is 1.60. The molecule has 3 nitrogen and oxygen atoms in total. The van der Waals surface area contributed by atoms with Crippen molar-refractivity contribution >= 4 is 0 Å². The van der Waals surface area contributed by atoms with Crippen LogP contribution in [0.3, 0.4) is 0 Å². The zero-order valence-corrected chi connectivity index (χ0v) is 8.16. The zero-order valence-electron chi connectivity index (χ0n) is 8.16. The molecule has 0 aromatic carbocycles. The molecule has 0 amide bonds. The minimum Gasteiger partial charge on any atom is -0.478 e. The molecule has 0 N–H and O–H groups in total. The van der Waals surface area contributed by atoms with E-state index in [0.29, 0.717) is 12.6 Å². The van der Waals surface area contributed by atoms with Crippen molar-refractivity contribution in [2.75, 3.05) is 6.61 Å². The Hall–Kier alpha value is -0.990. The van der Waals surface area contributed by atoms with Crippen LogP contribution < -0.4 is 4.74 Å². The summed E-state index contributed by atoms with van der Waals surface area (Å²) in [4.78, 5) is 0. The van der Waals surface area contributed by atoms with E-state index in [2.05, 4.69) is 18.9 Å². The van der Waals surface area contributed by atoms with Gasteiger partial charge in [0.1, 0.15) is 0 Å². The number of aryl methyl sites for hydroxylation is 1. The van der Waals surface area contributed by atoms with Gasteiger partial charge in [-0.3, -0.25) is 0 Å². The van der Waals surface area contributed by atoms with Gasteiger partial charge in [0.05, 0.1) is 18.8 Å². The number of ether oxygens (including phenoxy) is 1. The zero-order chi connectivity index (χ0) is 9.14. The van der Waals surface area contributed by atoms with Crippen molar-refractivity contribution < 1.29 is 4.74 Å². The summed E-state index contributed by atoms with van der Waals surface area (Å²) in [5.41, 5.74) is 1.10. The van der Waals surface area contributed by atoms with Crippen LogP contribution in [0.4, 0.5) is 0 Å². The van der Waals surface area contributed by atoms with Crippen molar-refractivity contribution in [1.29, 1.82) is 0 Å². The van der Waals surface area contributed by atoms with Gasteiger partial charge in [-0.1, -0.05) is 0 Å². The van der Waals surface area contributed by atoms with Crippen molar-refractivity contribution in [2.24, 2.45) is 0 Å². The lowest BCUT2D eigenvalue weighted by Gasteiger charge is -2.11. The lowest BCUT2D eigenvalue weighted by atomic mass is 10.3. The Morgan fingerprint density at radius 3 is 2.75 bits per heavy atom. The van der Waals surface area contributed by atoms with Gasteiger partial charge in [-0.25, -0.2) is 4.68 Å². The average molecular weight is 168 g/mol. The summed E-state index contributed by atoms with van der Waals surface area (Å²) in [6.45, 7) is 8.87. The summed E-state index contributed by atoms with van der Waals surface area (Å²) < 4.78 is 7.37. The Morgan fingerprint density at radius 2 is 2.25 bits per heavy atom. The number of aromatic nitrogens is 2. The van der Waals surface area contributed by atoms with Crippen LogP contribution >= 0.6 is 0 Å². The lowest BCUT2D eigenvalue weighted by Crippen LogP contribution is -2.07. The van der Waals surface area contributed by atoms with Crippen molar-refractivity contribution in [3.8, 4) is 5.88 Å². The Kier molecular flexibility index (Phi) is 2.74. The normalized spacial score (nSPS) is 10.8. The van der Waals surface area contributed by atoms with Gasteiger partial charge in [0.2, 0.25) is 5.88 Å². The van der Waals surface area contributed by atoms with E-state index in [1.54, 1.807) is 0 Å². The molecule has 0 aliphatic rings. The van der Waals surface area contributed by atoms with Gasteiger partial charge in [-0.15, -0.1) is 0 Å². The SMILES string of the molecule is CCOc1c(C)cnn1C(C)C. The van der Waals surface area contributed by atoms with Gasteiger partial charge in [-0.05, 0) is 27.7 Å². The van der Waals surface area contributed by atoms with Gasteiger partial charge in [0.25, 0.3) is 0 Å². The van der Waals surface area contributed by atoms with Crippen molar-refractivity contribution in [2.45, 2.75) is 33.7 Å². The highest BCUT2D eigenvalue weighted by molar-refractivity contribution is 5.22. The maximum Gasteiger partial charge on any atom is 0.214 e. The molecule has 0 aliphatic carbocycles. The second-order valence-corrected chi connectivity index (χ2v) is 3.10. The first-order chi connectivity index (χ1) is 5.66. The number of hydrogen-bond acceptors (Lipinski definition) is 2. The van der Waals surface area contributed by atoms with Gasteiger partial charge in [-0.2, -0.15) is 5.10 Å². The van der Waals surface area contributed by atoms with Gasteiger partial charge in [0, 0.05) is 5.56 Å². The summed E-state index contributed by atoms with van der Waals surface area (Å²) in [6.07, 6.45) is 1.84. The predicted molar refractivity (Wildman–Crippen MR) is 48.5 cm³/mol. The fraction of sp³-hybridized carbons (Fsp3) is 0.667. The van der Waals surface area contributed by atoms with Crippen LogP contribution in [0.25, 0.3) is 0 Å². The predicted octanol–water partition coefficient (Wildman–Crippen LogP) is 2.17. The largest absolute Gasteiger partial charge is 0.478 e. The Balaban J connectivity index is 2.95. The van der Waals surface area contributed by atoms with Crippen LogP contribution in [-0.2, 0) is 0 Å². The molecule has 68 valence electrons. The first kappa shape index (κ1) is 9.10. The van der Waals surface area contributed by atoms with Crippen molar-refractivity contribution in [1.82, 2.24) is 9.78 Å². The highest BCUT2D eigenvalue weighted by Crippen LogP contribution is 2.20. The van der Waals surface area contributed by atoms with Crippen LogP contribution in [0.5, 0.6) is 5.88 Å². The van der Waals surface area contributed by atoms with E-state index in [1.165, 1.54) is 0 Å². The van der Waals surface area contributed by atoms with E-state index < -0.39 is 0 Å². The highest BCUT2D eigenvalue weighted by Gasteiger charge is 2.09. The summed E-state index contributed by atoms with van der Waals surface area (Å²) >= 11 is 0. The summed E-state index contributed by atoms with van der Waals surface area (Å²) in [5, 5.41) is 4.23. The molecule has 0 saturated carbocycles. The first-order valence-electron chi connectivity index (χ1n) is 4.33. The van der Waals surface area contributed by atoms with Gasteiger partial charge < -0.3 is 4.74 Å². The molecular weight excluding hydrogens is 152 g/mol. The number of rotatable bonds is 3. The van der Waals surface area contributed by atoms with Gasteiger partial charge in [0.15, 0.2) is 0 Å². The van der Waals surface area contributed by atoms with E-state index in [9.17, 15) is 0 Å². The first-order valence-corrected chi connectivity index (χ1v) is 4.33. The van der Waals surface area contributed by atoms with Gasteiger partial charge >= 0.3 is 0 Å². The second kappa shape index (κ2) is 3.61. The molecule has 0 unspecified atom stereocenters. The Bertz CT molecular complexity index is 253. The molecule has 1 aromatic rings. The molecule has 1 aromatic heterocycles. The van der Waals surface area contributed by atoms with E-state index in [0.717, 1.165) is 11.4 Å². The van der Waals surface area contributed by atoms with E-state index in [4.69, 9.17) is 4.74 Å². The lowest BCUT2D eigenvalue weighted by molar-refractivity contribution is 0.290. The summed E-state index contributed by atoms with van der Waals surface area (Å²) in [6, 6.07) is 0.361. The molecule has 12 heavy (non-hydrogen) atoms. The van der Waals surface area contributed by atoms with Crippen molar-refractivity contribution in [3.63, 3.8) is 0 Å². The topological polar surface area (TPSA) is 27.1 Å². The Labute approximate surface area is 73.3 Å². The van der Waals surface area contributed by atoms with Crippen LogP contribution in [0.15, 0.2) is 6.20 Å². The fourth-order valence-electron chi connectivity index (χ4n) is 1.12. The minimum atomic E-state index is 0.361. The van der Waals surface area contributed by atoms with E-state index in [-0.39, 0.29) is 0 Å². The third-order valence-corrected chi connectivity index (χ3v) is 1.69. The summed E-state index contributed by atoms with van der Waals surface area (Å²) in [5.74, 6) is 0.896. The average Bonchev–Trinajstić information content (AvgIpc) is 2.34.